The molecular formula is C90H120ClN9O37. The van der Waals surface area contributed by atoms with Gasteiger partial charge in [-0.1, -0.05) is 82.9 Å². The molecular weight excluding hydrogens is 1830 g/mol. The Morgan fingerprint density at radius 1 is 0.255 bits per heavy atom. The van der Waals surface area contributed by atoms with Crippen LogP contribution < -0.4 is 49.1 Å². The van der Waals surface area contributed by atoms with Crippen molar-refractivity contribution in [2.24, 2.45) is 0 Å². The number of nitrogens with one attached hydrogen (secondary N) is 6. The van der Waals surface area contributed by atoms with Gasteiger partial charge in [-0.3, -0.25) is 33.6 Å². The summed E-state index contributed by atoms with van der Waals surface area (Å²) < 4.78 is 29.8. The Labute approximate surface area is 788 Å². The second kappa shape index (κ2) is 53.6. The summed E-state index contributed by atoms with van der Waals surface area (Å²) >= 11 is 5.22. The largest absolute Gasteiger partial charge is 0.399 e. The summed E-state index contributed by atoms with van der Waals surface area (Å²) in [6.07, 6.45) is -33.1. The molecule has 0 aromatic heterocycles. The molecule has 0 bridgehead atoms. The van der Waals surface area contributed by atoms with E-state index in [4.69, 9.17) is 87.9 Å². The van der Waals surface area contributed by atoms with Crippen LogP contribution in [0.1, 0.15) is 100 Å². The highest BCUT2D eigenvalue weighted by Gasteiger charge is 2.50. The van der Waals surface area contributed by atoms with Crippen LogP contribution in [0.5, 0.6) is 0 Å². The van der Waals surface area contributed by atoms with Crippen molar-refractivity contribution < 1.29 is 185 Å². The zero-order valence-corrected chi connectivity index (χ0v) is 75.1. The van der Waals surface area contributed by atoms with Crippen LogP contribution in [0.2, 0.25) is 0 Å². The second-order valence-corrected chi connectivity index (χ2v) is 32.8. The average molecular weight is 1960 g/mol. The van der Waals surface area contributed by atoms with E-state index in [0.29, 0.717) is 39.3 Å². The summed E-state index contributed by atoms with van der Waals surface area (Å²) in [6, 6.07) is 37.1. The lowest BCUT2D eigenvalue weighted by atomic mass is 9.96. The van der Waals surface area contributed by atoms with E-state index in [-0.39, 0.29) is 16.7 Å². The lowest BCUT2D eigenvalue weighted by molar-refractivity contribution is -0.252. The van der Waals surface area contributed by atoms with Crippen LogP contribution in [0.4, 0.5) is 17.1 Å². The third-order valence-electron chi connectivity index (χ3n) is 22.2. The quantitative estimate of drug-likeness (QED) is 0.0264. The summed E-state index contributed by atoms with van der Waals surface area (Å²) in [6.45, 7) is 6.03. The number of aryl methyl sites for hydroxylation is 5. The Morgan fingerprint density at radius 3 is 0.708 bits per heavy atom. The SMILES string of the molecule is Cc1ccc(C(=O)Cl)cc1.Cc1ccc(C(=O)N[C@H]2C(O)O[C@H](CO)[C@@H](O)[C@@H]2O)cc1.Cc1ccc(C(=O)N[C@H]2C(O)O[C@H](CO)[C@@H](O)[C@@H]2O)cc1.Cc1ccc(C(=O)N[C@H]2C(O)O[C@H](CO)[C@@H](O)[C@@H]2O)cc1N.Cc1cccc(C(=O)N[C@H]2C(O)O[C@H](CO)[C@@H](O)[C@@H]2O)c1.Nc1ccc(C(=O)N[C@H]2C(O)O[C@H](CO)[C@@H](O)[C@@H]2O)cc1.Nc1cccc(C(=O)N[C@H]2C(O)O[C@H](CO)[C@@H](O)[C@@H]2O)c1. The summed E-state index contributed by atoms with van der Waals surface area (Å²) in [5.74, 6) is -3.22. The summed E-state index contributed by atoms with van der Waals surface area (Å²) in [5.41, 5.74) is 25.4. The van der Waals surface area contributed by atoms with Crippen LogP contribution in [0.15, 0.2) is 164 Å². The number of hydrogen-bond acceptors (Lipinski definition) is 40. The number of nitrogen functional groups attached to an aromatic ring is 3. The first-order chi connectivity index (χ1) is 64.7. The van der Waals surface area contributed by atoms with Gasteiger partial charge in [0.05, 0.1) is 39.6 Å². The van der Waals surface area contributed by atoms with Crippen LogP contribution in [0.3, 0.4) is 0 Å². The molecule has 13 rings (SSSR count). The van der Waals surface area contributed by atoms with Crippen molar-refractivity contribution in [1.29, 1.82) is 0 Å². The fourth-order valence-corrected chi connectivity index (χ4v) is 14.0. The molecule has 46 nitrogen and oxygen atoms in total. The van der Waals surface area contributed by atoms with Crippen LogP contribution in [0.25, 0.3) is 0 Å². The van der Waals surface area contributed by atoms with Crippen molar-refractivity contribution >= 4 is 69.3 Å². The van der Waals surface area contributed by atoms with Gasteiger partial charge in [-0.15, -0.1) is 0 Å². The maximum absolute atomic E-state index is 12.1. The number of carbonyl (C=O) groups excluding carboxylic acids is 7. The molecule has 7 aromatic rings. The van der Waals surface area contributed by atoms with E-state index in [0.717, 1.165) is 27.8 Å². The predicted molar refractivity (Wildman–Crippen MR) is 480 cm³/mol. The van der Waals surface area contributed by atoms with Crippen LogP contribution >= 0.6 is 11.6 Å². The van der Waals surface area contributed by atoms with Gasteiger partial charge >= 0.3 is 0 Å². The van der Waals surface area contributed by atoms with Gasteiger partial charge in [0, 0.05) is 56.0 Å². The molecule has 6 unspecified atom stereocenters. The van der Waals surface area contributed by atoms with Gasteiger partial charge in [-0.25, -0.2) is 0 Å². The fourth-order valence-electron chi connectivity index (χ4n) is 13.9. The summed E-state index contributed by atoms with van der Waals surface area (Å²) in [5, 5.41) is 245. The Balaban J connectivity index is 0.000000219. The zero-order valence-electron chi connectivity index (χ0n) is 74.3. The lowest BCUT2D eigenvalue weighted by Gasteiger charge is -2.40. The van der Waals surface area contributed by atoms with Crippen molar-refractivity contribution in [2.45, 2.75) is 218 Å². The fraction of sp³-hybridized carbons (Fsp3) is 0.456. The number of benzene rings is 7. The lowest BCUT2D eigenvalue weighted by Crippen LogP contribution is -2.64. The minimum Gasteiger partial charge on any atom is -0.399 e. The third-order valence-corrected chi connectivity index (χ3v) is 22.5. The Kier molecular flexibility index (Phi) is 44.4. The highest BCUT2D eigenvalue weighted by molar-refractivity contribution is 6.67. The van der Waals surface area contributed by atoms with E-state index in [1.807, 2.05) is 45.9 Å². The number of hydrogen-bond donors (Lipinski definition) is 33. The van der Waals surface area contributed by atoms with Gasteiger partial charge < -0.3 is 200 Å². The van der Waals surface area contributed by atoms with Gasteiger partial charge in [-0.05, 0) is 155 Å². The first kappa shape index (κ1) is 114. The van der Waals surface area contributed by atoms with Gasteiger partial charge in [0.1, 0.15) is 146 Å². The summed E-state index contributed by atoms with van der Waals surface area (Å²) in [4.78, 5) is 82.9. The first-order valence-corrected chi connectivity index (χ1v) is 42.8. The van der Waals surface area contributed by atoms with E-state index in [1.165, 1.54) is 42.5 Å². The molecule has 137 heavy (non-hydrogen) atoms. The highest BCUT2D eigenvalue weighted by Crippen LogP contribution is 2.28. The van der Waals surface area contributed by atoms with Gasteiger partial charge in [-0.2, -0.15) is 0 Å². The molecule has 0 radical (unpaired) electrons. The molecule has 7 aromatic carbocycles. The maximum atomic E-state index is 12.1. The van der Waals surface area contributed by atoms with Crippen molar-refractivity contribution in [3.05, 3.63) is 231 Å². The van der Waals surface area contributed by atoms with Crippen molar-refractivity contribution in [3.63, 3.8) is 0 Å². The molecule has 0 saturated carbocycles. The first-order valence-electron chi connectivity index (χ1n) is 42.5. The molecule has 6 amide bonds. The number of anilines is 3. The average Bonchev–Trinajstić information content (AvgIpc) is 0.831. The van der Waals surface area contributed by atoms with Crippen LogP contribution in [-0.2, 0) is 28.4 Å². The number of rotatable bonds is 19. The monoisotopic (exact) mass is 1950 g/mol. The molecule has 0 spiro atoms. The Bertz CT molecular complexity index is 4690. The molecule has 47 heteroatoms. The van der Waals surface area contributed by atoms with Crippen molar-refractivity contribution in [1.82, 2.24) is 31.9 Å². The zero-order chi connectivity index (χ0) is 102. The Morgan fingerprint density at radius 2 is 0.474 bits per heavy atom. The van der Waals surface area contributed by atoms with Gasteiger partial charge in [0.15, 0.2) is 37.7 Å². The minimum absolute atomic E-state index is 0.244. The number of aliphatic hydroxyl groups is 24. The van der Waals surface area contributed by atoms with E-state index in [2.05, 4.69) is 31.9 Å². The molecule has 6 fully saturated rings. The molecule has 6 saturated heterocycles. The van der Waals surface area contributed by atoms with E-state index in [9.17, 15) is 125 Å². The summed E-state index contributed by atoms with van der Waals surface area (Å²) in [7, 11) is 0. The topological polar surface area (TPSA) is 811 Å². The van der Waals surface area contributed by atoms with E-state index >= 15 is 0 Å². The van der Waals surface area contributed by atoms with Crippen molar-refractivity contribution in [3.8, 4) is 0 Å². The molecule has 6 heterocycles. The standard InChI is InChI=1S/C14H20N2O6.3C14H19NO6.2C13H18N2O6.C8H7ClO/c1-6-2-3-7(4-8(6)15)13(20)16-10-12(19)11(18)9(5-17)22-14(10)21;2*1-7-2-4-8(5-3-7)13(19)15-10-12(18)11(17)9(6-16)21-14(10)20;1-7-3-2-4-8(5-7)13(19)15-10-12(18)11(17)9(6-16)21-14(10)20;14-7-3-1-6(2-4-7)12(19)15-9-11(18)10(17)8(5-16)21-13(9)20;14-7-3-1-2-6(4-7)12(19)15-9-11(18)10(17)8(5-16)21-13(9)20;1-6-2-4-7(5-3-6)8(9)10/h2-4,9-12,14,17-19,21H,5,15H2,1H3,(H,16,20);3*2-5,9-12,14,16-18,20H,6H2,1H3,(H,15,19);2*1-4,8-11,13,16-18,20H,5,14H2,(H,15,19);2-5H,1H3/t4*9-,10-,11-,12-,14?;2*8-,9-,10-,11-,13?;/m111111./s1. The van der Waals surface area contributed by atoms with Crippen molar-refractivity contribution in [2.75, 3.05) is 56.8 Å². The minimum atomic E-state index is -1.55. The number of amides is 6. The number of aliphatic hydroxyl groups excluding tert-OH is 24. The predicted octanol–water partition coefficient (Wildman–Crippen LogP) is -8.35. The van der Waals surface area contributed by atoms with E-state index < -0.39 is 264 Å². The normalized spacial score (nSPS) is 30.8. The molecule has 0 aliphatic carbocycles. The van der Waals surface area contributed by atoms with Gasteiger partial charge in [0.2, 0.25) is 0 Å². The Hall–Kier alpha value is -10.5. The molecule has 36 N–H and O–H groups in total. The molecule has 6 aliphatic heterocycles. The number of ether oxygens (including phenoxy) is 6. The smallest absolute Gasteiger partial charge is 0.252 e. The van der Waals surface area contributed by atoms with Crippen LogP contribution in [-0.4, -0.2) is 387 Å². The number of halogens is 1. The van der Waals surface area contributed by atoms with Crippen LogP contribution in [0, 0.1) is 34.6 Å². The molecule has 30 atom stereocenters. The molecule has 6 aliphatic rings. The van der Waals surface area contributed by atoms with E-state index in [1.54, 1.807) is 110 Å². The molecule has 754 valence electrons. The third kappa shape index (κ3) is 31.5. The number of nitrogens with two attached hydrogens (primary N) is 3. The van der Waals surface area contributed by atoms with Gasteiger partial charge in [0.25, 0.3) is 40.7 Å². The number of carbonyl (C=O) groups is 7. The maximum Gasteiger partial charge on any atom is 0.252 e. The highest BCUT2D eigenvalue weighted by atomic mass is 35.5. The second-order valence-electron chi connectivity index (χ2n) is 32.4.